The lowest BCUT2D eigenvalue weighted by Gasteiger charge is -2.42. The summed E-state index contributed by atoms with van der Waals surface area (Å²) in [6, 6.07) is 12.3. The smallest absolute Gasteiger partial charge is 0.349 e. The van der Waals surface area contributed by atoms with Gasteiger partial charge in [-0.1, -0.05) is 71.0 Å². The van der Waals surface area contributed by atoms with E-state index in [9.17, 15) is 14.4 Å². The second-order valence-corrected chi connectivity index (χ2v) is 11.6. The van der Waals surface area contributed by atoms with Crippen LogP contribution in [0.15, 0.2) is 60.3 Å². The zero-order valence-electron chi connectivity index (χ0n) is 25.0. The van der Waals surface area contributed by atoms with Crippen LogP contribution < -0.4 is 5.32 Å². The van der Waals surface area contributed by atoms with Gasteiger partial charge in [-0.25, -0.2) is 9.59 Å². The molecular formula is C33H42N2O6. The summed E-state index contributed by atoms with van der Waals surface area (Å²) in [6.07, 6.45) is 4.64. The molecule has 2 aromatic carbocycles. The highest BCUT2D eigenvalue weighted by Crippen LogP contribution is 2.46. The maximum absolute atomic E-state index is 13.7. The molecular weight excluding hydrogens is 520 g/mol. The number of esters is 2. The van der Waals surface area contributed by atoms with Crippen LogP contribution in [0.1, 0.15) is 93.8 Å². The van der Waals surface area contributed by atoms with Crippen molar-refractivity contribution in [1.29, 1.82) is 0 Å². The molecule has 0 bridgehead atoms. The van der Waals surface area contributed by atoms with Gasteiger partial charge in [0.1, 0.15) is 6.61 Å². The first-order valence-corrected chi connectivity index (χ1v) is 14.1. The van der Waals surface area contributed by atoms with Crippen molar-refractivity contribution < 1.29 is 28.7 Å². The third kappa shape index (κ3) is 7.84. The van der Waals surface area contributed by atoms with Gasteiger partial charge in [-0.2, -0.15) is 0 Å². The van der Waals surface area contributed by atoms with E-state index in [1.165, 1.54) is 18.7 Å². The number of nitrogens with one attached hydrogen (secondary N) is 1. The summed E-state index contributed by atoms with van der Waals surface area (Å²) >= 11 is 0. The van der Waals surface area contributed by atoms with E-state index >= 15 is 0 Å². The van der Waals surface area contributed by atoms with Gasteiger partial charge in [0.15, 0.2) is 5.71 Å². The molecule has 2 aromatic rings. The molecule has 41 heavy (non-hydrogen) atoms. The number of fused-ring (bicyclic) bond motifs is 1. The largest absolute Gasteiger partial charge is 0.466 e. The Labute approximate surface area is 243 Å². The molecule has 0 saturated heterocycles. The number of ether oxygens (including phenoxy) is 2. The summed E-state index contributed by atoms with van der Waals surface area (Å²) in [5.74, 6) is -1.55. The van der Waals surface area contributed by atoms with Crippen molar-refractivity contribution in [3.05, 3.63) is 77.4 Å². The molecule has 1 aliphatic carbocycles. The third-order valence-electron chi connectivity index (χ3n) is 7.61. The Hall–Kier alpha value is -3.94. The van der Waals surface area contributed by atoms with Crippen LogP contribution in [0, 0.1) is 0 Å². The lowest BCUT2D eigenvalue weighted by molar-refractivity contribution is -0.154. The van der Waals surface area contributed by atoms with E-state index in [0.717, 1.165) is 31.2 Å². The van der Waals surface area contributed by atoms with Gasteiger partial charge in [-0.3, -0.25) is 4.79 Å². The molecule has 0 aromatic heterocycles. The highest BCUT2D eigenvalue weighted by atomic mass is 16.7. The van der Waals surface area contributed by atoms with Crippen LogP contribution in [0.4, 0.5) is 5.69 Å². The van der Waals surface area contributed by atoms with Crippen LogP contribution in [0.2, 0.25) is 0 Å². The van der Waals surface area contributed by atoms with Crippen molar-refractivity contribution in [2.45, 2.75) is 83.7 Å². The van der Waals surface area contributed by atoms with Gasteiger partial charge in [0.05, 0.1) is 12.7 Å². The Balaban J connectivity index is 1.98. The predicted molar refractivity (Wildman–Crippen MR) is 160 cm³/mol. The number of hydrogen-bond acceptors (Lipinski definition) is 7. The topological polar surface area (TPSA) is 103 Å². The minimum Gasteiger partial charge on any atom is -0.466 e. The van der Waals surface area contributed by atoms with Crippen molar-refractivity contribution in [1.82, 2.24) is 0 Å². The minimum atomic E-state index is -0.934. The fourth-order valence-corrected chi connectivity index (χ4v) is 4.91. The van der Waals surface area contributed by atoms with Crippen molar-refractivity contribution >= 4 is 29.2 Å². The molecule has 8 nitrogen and oxygen atoms in total. The summed E-state index contributed by atoms with van der Waals surface area (Å²) in [6.45, 7) is 14.5. The number of amides is 1. The minimum absolute atomic E-state index is 0.00411. The maximum atomic E-state index is 13.7. The Bertz CT molecular complexity index is 1290. The molecule has 0 radical (unpaired) electrons. The SMILES string of the molecule is C=CCOC(=O)c1ccc(NC(=O)C(=NOC(CCCC)C(=O)OC)c2ccc3c(c2)C(C)(C)CCC3(C)C)cc1. The van der Waals surface area contributed by atoms with Gasteiger partial charge >= 0.3 is 11.9 Å². The molecule has 1 atom stereocenters. The zero-order chi connectivity index (χ0) is 30.2. The second-order valence-electron chi connectivity index (χ2n) is 11.6. The molecule has 220 valence electrons. The first kappa shape index (κ1) is 31.6. The Kier molecular flexibility index (Phi) is 10.5. The van der Waals surface area contributed by atoms with E-state index in [4.69, 9.17) is 14.3 Å². The van der Waals surface area contributed by atoms with Gasteiger partial charge in [-0.05, 0) is 78.0 Å². The zero-order valence-corrected chi connectivity index (χ0v) is 25.0. The molecule has 0 saturated carbocycles. The van der Waals surface area contributed by atoms with E-state index in [-0.39, 0.29) is 23.1 Å². The van der Waals surface area contributed by atoms with E-state index in [1.54, 1.807) is 24.3 Å². The lowest BCUT2D eigenvalue weighted by Crippen LogP contribution is -2.34. The van der Waals surface area contributed by atoms with Crippen LogP contribution in [0.25, 0.3) is 0 Å². The second kappa shape index (κ2) is 13.6. The molecule has 1 N–H and O–H groups in total. The predicted octanol–water partition coefficient (Wildman–Crippen LogP) is 6.47. The number of oxime groups is 1. The monoisotopic (exact) mass is 562 g/mol. The van der Waals surface area contributed by atoms with Gasteiger partial charge < -0.3 is 19.6 Å². The number of anilines is 1. The van der Waals surface area contributed by atoms with Gasteiger partial charge in [-0.15, -0.1) is 0 Å². The number of nitrogens with zero attached hydrogens (tertiary/aromatic N) is 1. The number of unbranched alkanes of at least 4 members (excludes halogenated alkanes) is 1. The Morgan fingerprint density at radius 2 is 1.63 bits per heavy atom. The molecule has 1 aliphatic rings. The van der Waals surface area contributed by atoms with Crippen LogP contribution in [-0.2, 0) is 34.7 Å². The Morgan fingerprint density at radius 3 is 2.24 bits per heavy atom. The molecule has 1 amide bonds. The fraction of sp³-hybridized carbons (Fsp3) is 0.455. The van der Waals surface area contributed by atoms with Crippen molar-refractivity contribution in [2.75, 3.05) is 19.0 Å². The fourth-order valence-electron chi connectivity index (χ4n) is 4.91. The van der Waals surface area contributed by atoms with Crippen molar-refractivity contribution in [3.8, 4) is 0 Å². The van der Waals surface area contributed by atoms with Crippen LogP contribution in [0.3, 0.4) is 0 Å². The first-order valence-electron chi connectivity index (χ1n) is 14.1. The van der Waals surface area contributed by atoms with Crippen molar-refractivity contribution in [3.63, 3.8) is 0 Å². The lowest BCUT2D eigenvalue weighted by atomic mass is 9.63. The number of methoxy groups -OCH3 is 1. The molecule has 0 heterocycles. The molecule has 3 rings (SSSR count). The number of carbonyl (C=O) groups excluding carboxylic acids is 3. The van der Waals surface area contributed by atoms with E-state index in [2.05, 4.69) is 50.8 Å². The van der Waals surface area contributed by atoms with Gasteiger partial charge in [0, 0.05) is 11.3 Å². The van der Waals surface area contributed by atoms with Crippen LogP contribution in [0.5, 0.6) is 0 Å². The average molecular weight is 563 g/mol. The summed E-state index contributed by atoms with van der Waals surface area (Å²) in [4.78, 5) is 43.8. The van der Waals surface area contributed by atoms with Crippen LogP contribution in [-0.4, -0.2) is 43.4 Å². The van der Waals surface area contributed by atoms with E-state index < -0.39 is 23.9 Å². The third-order valence-corrected chi connectivity index (χ3v) is 7.61. The average Bonchev–Trinajstić information content (AvgIpc) is 2.95. The van der Waals surface area contributed by atoms with Gasteiger partial charge in [0.25, 0.3) is 5.91 Å². The quantitative estimate of drug-likeness (QED) is 0.138. The molecule has 0 spiro atoms. The standard InChI is InChI=1S/C33H42N2O6/c1-8-10-11-27(31(38)39-7)41-35-28(23-14-17-25-26(21-23)33(5,6)19-18-32(25,3)4)29(36)34-24-15-12-22(13-16-24)30(37)40-20-9-2/h9,12-17,21,27H,2,8,10-11,18-20H2,1,3-7H3,(H,34,36). The summed E-state index contributed by atoms with van der Waals surface area (Å²) < 4.78 is 9.97. The number of benzene rings is 2. The molecule has 0 aliphatic heterocycles. The Morgan fingerprint density at radius 1 is 1.00 bits per heavy atom. The number of rotatable bonds is 12. The van der Waals surface area contributed by atoms with Gasteiger partial charge in [0.2, 0.25) is 6.10 Å². The molecule has 8 heteroatoms. The summed E-state index contributed by atoms with van der Waals surface area (Å²) in [5, 5.41) is 7.09. The first-order chi connectivity index (χ1) is 19.4. The van der Waals surface area contributed by atoms with Crippen LogP contribution >= 0.6 is 0 Å². The molecule has 1 unspecified atom stereocenters. The highest BCUT2D eigenvalue weighted by molar-refractivity contribution is 6.48. The summed E-state index contributed by atoms with van der Waals surface area (Å²) in [5.41, 5.74) is 3.73. The normalized spacial score (nSPS) is 16.1. The molecule has 0 fully saturated rings. The summed E-state index contributed by atoms with van der Waals surface area (Å²) in [7, 11) is 1.30. The van der Waals surface area contributed by atoms with E-state index in [1.807, 2.05) is 19.1 Å². The number of carbonyl (C=O) groups is 3. The highest BCUT2D eigenvalue weighted by Gasteiger charge is 2.37. The maximum Gasteiger partial charge on any atom is 0.349 e. The van der Waals surface area contributed by atoms with Crippen molar-refractivity contribution in [2.24, 2.45) is 5.16 Å². The van der Waals surface area contributed by atoms with E-state index in [0.29, 0.717) is 23.2 Å². The number of hydrogen-bond donors (Lipinski definition) is 1.